The fourth-order valence-electron chi connectivity index (χ4n) is 3.84. The van der Waals surface area contributed by atoms with Crippen molar-refractivity contribution in [2.75, 3.05) is 13.2 Å². The number of hydrogen-bond donors (Lipinski definition) is 1. The first-order valence-corrected chi connectivity index (χ1v) is 9.74. The van der Waals surface area contributed by atoms with E-state index in [1.165, 1.54) is 11.2 Å². The number of nitrogens with zero attached hydrogens (tertiary/aromatic N) is 2. The molecule has 8 heteroatoms. The number of amides is 1. The Balaban J connectivity index is 1.63. The van der Waals surface area contributed by atoms with Crippen molar-refractivity contribution < 1.29 is 28.6 Å². The summed E-state index contributed by atoms with van der Waals surface area (Å²) in [5, 5.41) is 11.1. The minimum atomic E-state index is -0.813. The second kappa shape index (κ2) is 7.64. The van der Waals surface area contributed by atoms with Crippen LogP contribution in [0, 0.1) is 0 Å². The van der Waals surface area contributed by atoms with E-state index < -0.39 is 17.7 Å². The van der Waals surface area contributed by atoms with E-state index in [4.69, 9.17) is 13.9 Å². The van der Waals surface area contributed by atoms with Gasteiger partial charge in [-0.25, -0.2) is 0 Å². The SMILES string of the molecule is O=C1C(=O)N(Cc2ccco2)C(c2cccnc2)/C1=C(/O)c1ccc2c(c1)OCCO2. The quantitative estimate of drug-likeness (QED) is 0.395. The molecular formula is C23H18N2O6. The molecule has 8 nitrogen and oxygen atoms in total. The number of carbonyl (C=O) groups is 2. The predicted molar refractivity (Wildman–Crippen MR) is 108 cm³/mol. The minimum absolute atomic E-state index is 0.0127. The summed E-state index contributed by atoms with van der Waals surface area (Å²) in [6, 6.07) is 11.0. The molecule has 1 aromatic carbocycles. The molecule has 3 aromatic rings. The molecule has 1 unspecified atom stereocenters. The van der Waals surface area contributed by atoms with Crippen LogP contribution in [0.1, 0.15) is 22.9 Å². The number of Topliss-reactive ketones (excluding diaryl/α,β-unsaturated/α-hetero) is 1. The van der Waals surface area contributed by atoms with Crippen molar-refractivity contribution in [3.8, 4) is 11.5 Å². The first-order valence-electron chi connectivity index (χ1n) is 9.74. The Hall–Kier alpha value is -4.07. The Bertz CT molecular complexity index is 1170. The highest BCUT2D eigenvalue weighted by atomic mass is 16.6. The molecule has 1 saturated heterocycles. The van der Waals surface area contributed by atoms with E-state index in [1.54, 1.807) is 54.9 Å². The molecule has 1 fully saturated rings. The molecule has 1 atom stereocenters. The third-order valence-corrected chi connectivity index (χ3v) is 5.26. The van der Waals surface area contributed by atoms with Crippen molar-refractivity contribution in [1.29, 1.82) is 0 Å². The van der Waals surface area contributed by atoms with Crippen LogP contribution >= 0.6 is 0 Å². The zero-order chi connectivity index (χ0) is 21.4. The van der Waals surface area contributed by atoms with Crippen molar-refractivity contribution in [2.45, 2.75) is 12.6 Å². The first kappa shape index (κ1) is 18.9. The molecule has 1 N–H and O–H groups in total. The average molecular weight is 418 g/mol. The van der Waals surface area contributed by atoms with Crippen molar-refractivity contribution >= 4 is 17.4 Å². The third kappa shape index (κ3) is 3.31. The van der Waals surface area contributed by atoms with Gasteiger partial charge in [0.25, 0.3) is 11.7 Å². The number of ketones is 1. The molecule has 2 aliphatic heterocycles. The summed E-state index contributed by atoms with van der Waals surface area (Å²) in [4.78, 5) is 31.4. The molecule has 5 rings (SSSR count). The largest absolute Gasteiger partial charge is 0.507 e. The number of carbonyl (C=O) groups excluding carboxylic acids is 2. The number of furan rings is 1. The van der Waals surface area contributed by atoms with Gasteiger partial charge in [0.05, 0.1) is 24.4 Å². The van der Waals surface area contributed by atoms with Crippen LogP contribution in [-0.4, -0.2) is 39.9 Å². The molecule has 2 aliphatic rings. The van der Waals surface area contributed by atoms with Gasteiger partial charge in [-0.05, 0) is 42.0 Å². The maximum atomic E-state index is 13.0. The van der Waals surface area contributed by atoms with Gasteiger partial charge in [-0.1, -0.05) is 6.07 Å². The van der Waals surface area contributed by atoms with E-state index in [0.717, 1.165) is 0 Å². The zero-order valence-corrected chi connectivity index (χ0v) is 16.4. The predicted octanol–water partition coefficient (Wildman–Crippen LogP) is 3.07. The van der Waals surface area contributed by atoms with Crippen LogP contribution < -0.4 is 9.47 Å². The second-order valence-corrected chi connectivity index (χ2v) is 7.15. The van der Waals surface area contributed by atoms with Gasteiger partial charge in [-0.3, -0.25) is 14.6 Å². The van der Waals surface area contributed by atoms with Gasteiger partial charge in [-0.15, -0.1) is 0 Å². The van der Waals surface area contributed by atoms with Crippen LogP contribution in [0.2, 0.25) is 0 Å². The maximum Gasteiger partial charge on any atom is 0.296 e. The van der Waals surface area contributed by atoms with E-state index in [0.29, 0.717) is 41.6 Å². The third-order valence-electron chi connectivity index (χ3n) is 5.26. The zero-order valence-electron chi connectivity index (χ0n) is 16.4. The van der Waals surface area contributed by atoms with E-state index >= 15 is 0 Å². The van der Waals surface area contributed by atoms with Crippen LogP contribution in [0.3, 0.4) is 0 Å². The Morgan fingerprint density at radius 1 is 1.10 bits per heavy atom. The number of aromatic nitrogens is 1. The average Bonchev–Trinajstić information content (AvgIpc) is 3.41. The smallest absolute Gasteiger partial charge is 0.296 e. The lowest BCUT2D eigenvalue weighted by molar-refractivity contribution is -0.140. The Morgan fingerprint density at radius 2 is 1.94 bits per heavy atom. The second-order valence-electron chi connectivity index (χ2n) is 7.15. The normalized spacial score (nSPS) is 19.6. The van der Waals surface area contributed by atoms with Crippen LogP contribution in [-0.2, 0) is 16.1 Å². The highest BCUT2D eigenvalue weighted by molar-refractivity contribution is 6.46. The summed E-state index contributed by atoms with van der Waals surface area (Å²) in [6.07, 6.45) is 4.67. The molecule has 0 saturated carbocycles. The van der Waals surface area contributed by atoms with Crippen molar-refractivity contribution in [3.05, 3.63) is 83.6 Å². The van der Waals surface area contributed by atoms with Crippen molar-refractivity contribution in [3.63, 3.8) is 0 Å². The van der Waals surface area contributed by atoms with Crippen LogP contribution in [0.15, 0.2) is 71.1 Å². The molecule has 0 spiro atoms. The summed E-state index contributed by atoms with van der Waals surface area (Å²) in [6.45, 7) is 0.909. The standard InChI is InChI=1S/C23H18N2O6/c26-21(14-5-6-17-18(11-14)31-10-9-30-17)19-20(15-3-1-7-24-12-15)25(23(28)22(19)27)13-16-4-2-8-29-16/h1-8,11-12,20,26H,9-10,13H2/b21-19-. The monoisotopic (exact) mass is 418 g/mol. The lowest BCUT2D eigenvalue weighted by Crippen LogP contribution is -2.29. The summed E-state index contributed by atoms with van der Waals surface area (Å²) in [5.74, 6) is -0.221. The van der Waals surface area contributed by atoms with Gasteiger partial charge in [0.2, 0.25) is 0 Å². The molecule has 156 valence electrons. The van der Waals surface area contributed by atoms with E-state index in [1.807, 2.05) is 0 Å². The molecule has 31 heavy (non-hydrogen) atoms. The summed E-state index contributed by atoms with van der Waals surface area (Å²) in [7, 11) is 0. The molecule has 0 bridgehead atoms. The van der Waals surface area contributed by atoms with Crippen LogP contribution in [0.25, 0.3) is 5.76 Å². The minimum Gasteiger partial charge on any atom is -0.507 e. The van der Waals surface area contributed by atoms with Crippen LogP contribution in [0.4, 0.5) is 0 Å². The van der Waals surface area contributed by atoms with Gasteiger partial charge in [0.1, 0.15) is 24.7 Å². The summed E-state index contributed by atoms with van der Waals surface area (Å²) in [5.41, 5.74) is 0.947. The number of likely N-dealkylation sites (tertiary alicyclic amines) is 1. The molecule has 0 aliphatic carbocycles. The van der Waals surface area contributed by atoms with Gasteiger partial charge < -0.3 is 23.9 Å². The number of pyridine rings is 1. The lowest BCUT2D eigenvalue weighted by Gasteiger charge is -2.24. The van der Waals surface area contributed by atoms with Gasteiger partial charge >= 0.3 is 0 Å². The number of rotatable bonds is 4. The number of ether oxygens (including phenoxy) is 2. The highest BCUT2D eigenvalue weighted by Gasteiger charge is 2.46. The molecular weight excluding hydrogens is 400 g/mol. The Morgan fingerprint density at radius 3 is 2.68 bits per heavy atom. The fourth-order valence-corrected chi connectivity index (χ4v) is 3.84. The van der Waals surface area contributed by atoms with Crippen molar-refractivity contribution in [2.24, 2.45) is 0 Å². The number of fused-ring (bicyclic) bond motifs is 1. The van der Waals surface area contributed by atoms with Gasteiger partial charge in [0.15, 0.2) is 11.5 Å². The van der Waals surface area contributed by atoms with E-state index in [9.17, 15) is 14.7 Å². The number of aliphatic hydroxyl groups is 1. The van der Waals surface area contributed by atoms with E-state index in [2.05, 4.69) is 4.98 Å². The Labute approximate surface area is 177 Å². The van der Waals surface area contributed by atoms with Crippen LogP contribution in [0.5, 0.6) is 11.5 Å². The summed E-state index contributed by atoms with van der Waals surface area (Å²) < 4.78 is 16.5. The Kier molecular flexibility index (Phi) is 4.66. The highest BCUT2D eigenvalue weighted by Crippen LogP contribution is 2.41. The van der Waals surface area contributed by atoms with E-state index in [-0.39, 0.29) is 17.9 Å². The fraction of sp³-hybridized carbons (Fsp3) is 0.174. The molecule has 0 radical (unpaired) electrons. The number of benzene rings is 1. The molecule has 1 amide bonds. The summed E-state index contributed by atoms with van der Waals surface area (Å²) >= 11 is 0. The van der Waals surface area contributed by atoms with Crippen molar-refractivity contribution in [1.82, 2.24) is 9.88 Å². The topological polar surface area (TPSA) is 102 Å². The molecule has 2 aromatic heterocycles. The number of aliphatic hydroxyl groups excluding tert-OH is 1. The number of hydrogen-bond acceptors (Lipinski definition) is 7. The van der Waals surface area contributed by atoms with Gasteiger partial charge in [0, 0.05) is 18.0 Å². The first-order chi connectivity index (χ1) is 15.1. The lowest BCUT2D eigenvalue weighted by atomic mass is 9.96. The molecule has 4 heterocycles. The maximum absolute atomic E-state index is 13.0. The van der Waals surface area contributed by atoms with Gasteiger partial charge in [-0.2, -0.15) is 0 Å².